The quantitative estimate of drug-likeness (QED) is 0.863. The number of nitrogens with one attached hydrogen (secondary N) is 2. The molecule has 0 spiro atoms. The third-order valence-corrected chi connectivity index (χ3v) is 6.35. The first-order chi connectivity index (χ1) is 12.5. The third-order valence-electron chi connectivity index (χ3n) is 4.96. The van der Waals surface area contributed by atoms with Crippen molar-refractivity contribution in [3.05, 3.63) is 65.7 Å². The number of amides is 1. The van der Waals surface area contributed by atoms with Gasteiger partial charge in [0, 0.05) is 5.56 Å². The molecular weight excluding hydrogens is 350 g/mol. The first-order valence-electron chi connectivity index (χ1n) is 8.53. The molecule has 1 aliphatic heterocycles. The van der Waals surface area contributed by atoms with E-state index in [2.05, 4.69) is 15.0 Å². The van der Waals surface area contributed by atoms with E-state index in [1.54, 1.807) is 18.2 Å². The Morgan fingerprint density at radius 3 is 2.46 bits per heavy atom. The van der Waals surface area contributed by atoms with Gasteiger partial charge in [-0.1, -0.05) is 42.5 Å². The molecule has 0 unspecified atom stereocenters. The van der Waals surface area contributed by atoms with Crippen molar-refractivity contribution in [1.29, 1.82) is 0 Å². The zero-order valence-corrected chi connectivity index (χ0v) is 14.9. The van der Waals surface area contributed by atoms with Crippen LogP contribution in [0.25, 0.3) is 0 Å². The topological polar surface area (TPSA) is 87.6 Å². The molecule has 0 aromatic heterocycles. The van der Waals surface area contributed by atoms with Crippen molar-refractivity contribution in [3.63, 3.8) is 0 Å². The molecular formula is C19H19N3O3S. The number of aliphatic imine (C=N–C) groups is 1. The molecule has 134 valence electrons. The Bertz CT molecular complexity index is 980. The van der Waals surface area contributed by atoms with E-state index in [-0.39, 0.29) is 28.7 Å². The van der Waals surface area contributed by atoms with Crippen LogP contribution in [0.3, 0.4) is 0 Å². The number of hydrogen-bond acceptors (Lipinski definition) is 4. The highest BCUT2D eigenvalue weighted by atomic mass is 32.2. The van der Waals surface area contributed by atoms with Gasteiger partial charge in [-0.15, -0.1) is 0 Å². The molecule has 2 aromatic carbocycles. The fourth-order valence-corrected chi connectivity index (χ4v) is 4.73. The van der Waals surface area contributed by atoms with Crippen LogP contribution in [-0.2, 0) is 20.4 Å². The number of carbonyl (C=O) groups excluding carboxylic acids is 1. The highest BCUT2D eigenvalue weighted by Gasteiger charge is 2.39. The summed E-state index contributed by atoms with van der Waals surface area (Å²) in [6.45, 7) is -0.124. The van der Waals surface area contributed by atoms with E-state index in [0.29, 0.717) is 5.56 Å². The lowest BCUT2D eigenvalue weighted by molar-refractivity contribution is -0.122. The number of amidine groups is 1. The van der Waals surface area contributed by atoms with E-state index in [9.17, 15) is 13.2 Å². The summed E-state index contributed by atoms with van der Waals surface area (Å²) in [5, 5.41) is 3.09. The number of benzene rings is 2. The van der Waals surface area contributed by atoms with Crippen molar-refractivity contribution in [1.82, 2.24) is 10.0 Å². The second kappa shape index (κ2) is 6.25. The first-order valence-corrected chi connectivity index (χ1v) is 10.0. The van der Waals surface area contributed by atoms with E-state index >= 15 is 0 Å². The smallest absolute Gasteiger partial charge is 0.263 e. The minimum absolute atomic E-state index is 0.124. The summed E-state index contributed by atoms with van der Waals surface area (Å²) in [5.41, 5.74) is 1.27. The molecule has 0 atom stereocenters. The summed E-state index contributed by atoms with van der Waals surface area (Å²) in [6.07, 6.45) is 2.86. The molecule has 1 amide bonds. The molecule has 2 N–H and O–H groups in total. The summed E-state index contributed by atoms with van der Waals surface area (Å²) in [4.78, 5) is 16.9. The maximum absolute atomic E-state index is 12.5. The Hall–Kier alpha value is -2.67. The van der Waals surface area contributed by atoms with Crippen LogP contribution in [0.1, 0.15) is 30.4 Å². The minimum atomic E-state index is -3.59. The third kappa shape index (κ3) is 2.88. The Morgan fingerprint density at radius 1 is 1.08 bits per heavy atom. The Balaban J connectivity index is 1.51. The molecule has 26 heavy (non-hydrogen) atoms. The van der Waals surface area contributed by atoms with Crippen LogP contribution in [0, 0.1) is 0 Å². The maximum Gasteiger partial charge on any atom is 0.263 e. The number of nitrogens with zero attached hydrogens (tertiary/aromatic N) is 1. The Kier molecular flexibility index (Phi) is 4.03. The lowest BCUT2D eigenvalue weighted by Gasteiger charge is -2.43. The molecule has 4 rings (SSSR count). The standard InChI is InChI=1S/C19H19N3O3S/c23-17(21-19(11-6-12-19)14-7-2-1-3-8-14)13-20-18-15-9-4-5-10-16(15)26(24,25)22-18/h1-5,7-10H,6,11-13H2,(H,20,22)(H,21,23). The molecule has 6 nitrogen and oxygen atoms in total. The van der Waals surface area contributed by atoms with E-state index in [1.165, 1.54) is 6.07 Å². The molecule has 0 saturated heterocycles. The number of fused-ring (bicyclic) bond motifs is 1. The zero-order chi connectivity index (χ0) is 18.2. The summed E-state index contributed by atoms with van der Waals surface area (Å²) < 4.78 is 26.6. The van der Waals surface area contributed by atoms with E-state index in [4.69, 9.17) is 0 Å². The monoisotopic (exact) mass is 369 g/mol. The summed E-state index contributed by atoms with van der Waals surface area (Å²) in [5.74, 6) is 0.00255. The number of hydrogen-bond donors (Lipinski definition) is 2. The van der Waals surface area contributed by atoms with Gasteiger partial charge < -0.3 is 5.32 Å². The van der Waals surface area contributed by atoms with Gasteiger partial charge in [-0.25, -0.2) is 8.42 Å². The molecule has 0 radical (unpaired) electrons. The molecule has 2 aromatic rings. The summed E-state index contributed by atoms with van der Waals surface area (Å²) in [7, 11) is -3.59. The Labute approximate surface area is 152 Å². The maximum atomic E-state index is 12.5. The van der Waals surface area contributed by atoms with Crippen molar-refractivity contribution >= 4 is 21.8 Å². The predicted molar refractivity (Wildman–Crippen MR) is 98.3 cm³/mol. The van der Waals surface area contributed by atoms with Crippen molar-refractivity contribution in [2.45, 2.75) is 29.7 Å². The van der Waals surface area contributed by atoms with Crippen molar-refractivity contribution < 1.29 is 13.2 Å². The van der Waals surface area contributed by atoms with E-state index in [1.807, 2.05) is 30.3 Å². The normalized spacial score (nSPS) is 20.7. The molecule has 1 aliphatic carbocycles. The fourth-order valence-electron chi connectivity index (χ4n) is 3.48. The van der Waals surface area contributed by atoms with Crippen LogP contribution in [-0.4, -0.2) is 26.7 Å². The van der Waals surface area contributed by atoms with Crippen LogP contribution in [0.4, 0.5) is 0 Å². The van der Waals surface area contributed by atoms with Crippen LogP contribution in [0.2, 0.25) is 0 Å². The Morgan fingerprint density at radius 2 is 1.77 bits per heavy atom. The van der Waals surface area contributed by atoms with Gasteiger partial charge in [0.1, 0.15) is 12.4 Å². The molecule has 1 heterocycles. The second-order valence-corrected chi connectivity index (χ2v) is 8.27. The van der Waals surface area contributed by atoms with Crippen LogP contribution >= 0.6 is 0 Å². The van der Waals surface area contributed by atoms with Crippen LogP contribution in [0.5, 0.6) is 0 Å². The highest BCUT2D eigenvalue weighted by molar-refractivity contribution is 7.90. The van der Waals surface area contributed by atoms with Gasteiger partial charge in [-0.2, -0.15) is 0 Å². The lowest BCUT2D eigenvalue weighted by atomic mass is 9.72. The number of rotatable bonds is 4. The van der Waals surface area contributed by atoms with Crippen molar-refractivity contribution in [2.75, 3.05) is 6.54 Å². The zero-order valence-electron chi connectivity index (χ0n) is 14.1. The summed E-state index contributed by atoms with van der Waals surface area (Å²) >= 11 is 0. The number of carbonyl (C=O) groups is 1. The fraction of sp³-hybridized carbons (Fsp3) is 0.263. The van der Waals surface area contributed by atoms with Gasteiger partial charge in [-0.05, 0) is 37.0 Å². The minimum Gasteiger partial charge on any atom is -0.345 e. The van der Waals surface area contributed by atoms with E-state index < -0.39 is 10.0 Å². The van der Waals surface area contributed by atoms with Crippen molar-refractivity contribution in [3.8, 4) is 0 Å². The van der Waals surface area contributed by atoms with Crippen LogP contribution < -0.4 is 10.0 Å². The molecule has 2 aliphatic rings. The van der Waals surface area contributed by atoms with Gasteiger partial charge in [0.15, 0.2) is 0 Å². The average molecular weight is 369 g/mol. The van der Waals surface area contributed by atoms with Gasteiger partial charge >= 0.3 is 0 Å². The largest absolute Gasteiger partial charge is 0.345 e. The van der Waals surface area contributed by atoms with Gasteiger partial charge in [-0.3, -0.25) is 14.5 Å². The molecule has 1 saturated carbocycles. The molecule has 1 fully saturated rings. The first kappa shape index (κ1) is 16.8. The second-order valence-electron chi connectivity index (χ2n) is 6.62. The van der Waals surface area contributed by atoms with Gasteiger partial charge in [0.25, 0.3) is 10.0 Å². The predicted octanol–water partition coefficient (Wildman–Crippen LogP) is 1.92. The number of sulfonamides is 1. The summed E-state index contributed by atoms with van der Waals surface area (Å²) in [6, 6.07) is 16.5. The lowest BCUT2D eigenvalue weighted by Crippen LogP contribution is -2.51. The van der Waals surface area contributed by atoms with Crippen LogP contribution in [0.15, 0.2) is 64.5 Å². The van der Waals surface area contributed by atoms with Crippen molar-refractivity contribution in [2.24, 2.45) is 4.99 Å². The van der Waals surface area contributed by atoms with Gasteiger partial charge in [0.2, 0.25) is 5.91 Å². The SMILES string of the molecule is O=C(CN=C1NS(=O)(=O)c2ccccc21)NC1(c2ccccc2)CCC1. The molecule has 0 bridgehead atoms. The molecule has 7 heteroatoms. The highest BCUT2D eigenvalue weighted by Crippen LogP contribution is 2.41. The van der Waals surface area contributed by atoms with Gasteiger partial charge in [0.05, 0.1) is 10.4 Å². The van der Waals surface area contributed by atoms with E-state index in [0.717, 1.165) is 24.8 Å². The average Bonchev–Trinajstić information content (AvgIpc) is 2.88.